The van der Waals surface area contributed by atoms with Gasteiger partial charge in [0.2, 0.25) is 5.91 Å². The summed E-state index contributed by atoms with van der Waals surface area (Å²) in [6.45, 7) is 0.191. The number of aliphatic hydroxyl groups is 7. The molecule has 0 radical (unpaired) electrons. The number of amides is 1. The maximum absolute atomic E-state index is 12.1. The summed E-state index contributed by atoms with van der Waals surface area (Å²) in [4.78, 5) is 12.1. The van der Waals surface area contributed by atoms with E-state index in [9.17, 15) is 40.5 Å². The van der Waals surface area contributed by atoms with Crippen LogP contribution in [-0.4, -0.2) is 178 Å². The Morgan fingerprint density at radius 1 is 0.689 bits per heavy atom. The van der Waals surface area contributed by atoms with Gasteiger partial charge in [0.15, 0.2) is 18.9 Å². The molecule has 20 heteroatoms. The molecule has 0 spiro atoms. The molecule has 1 saturated carbocycles. The molecule has 3 heterocycles. The average Bonchev–Trinajstić information content (AvgIpc) is 3.30. The van der Waals surface area contributed by atoms with Gasteiger partial charge in [-0.25, -0.2) is 0 Å². The quantitative estimate of drug-likeness (QED) is 0.104. The van der Waals surface area contributed by atoms with Gasteiger partial charge in [0.25, 0.3) is 0 Å². The van der Waals surface area contributed by atoms with Crippen LogP contribution in [0.2, 0.25) is 0 Å². The zero-order valence-electron chi connectivity index (χ0n) is 24.7. The van der Waals surface area contributed by atoms with E-state index in [1.807, 2.05) is 0 Å². The first-order valence-electron chi connectivity index (χ1n) is 14.8. The lowest BCUT2D eigenvalue weighted by Crippen LogP contribution is -2.69. The van der Waals surface area contributed by atoms with Crippen molar-refractivity contribution in [2.45, 2.75) is 130 Å². The smallest absolute Gasteiger partial charge is 0.217 e. The largest absolute Gasteiger partial charge is 0.394 e. The first-order valence-corrected chi connectivity index (χ1v) is 14.8. The summed E-state index contributed by atoms with van der Waals surface area (Å²) < 4.78 is 34.9. The van der Waals surface area contributed by atoms with Crippen LogP contribution >= 0.6 is 0 Å². The highest BCUT2D eigenvalue weighted by atomic mass is 16.8. The van der Waals surface area contributed by atoms with Crippen molar-refractivity contribution in [3.8, 4) is 0 Å². The monoisotopic (exact) mass is 656 g/mol. The number of nitrogens with one attached hydrogen (secondary N) is 1. The minimum atomic E-state index is -1.66. The third-order valence-electron chi connectivity index (χ3n) is 8.72. The molecule has 4 rings (SSSR count). The molecule has 0 bridgehead atoms. The Balaban J connectivity index is 1.56. The average molecular weight is 657 g/mol. The molecule has 4 aliphatic rings. The summed E-state index contributed by atoms with van der Waals surface area (Å²) >= 11 is 0. The molecule has 0 unspecified atom stereocenters. The highest BCUT2D eigenvalue weighted by Gasteiger charge is 2.55. The molecule has 45 heavy (non-hydrogen) atoms. The molecular formula is C25H48N6O14. The maximum atomic E-state index is 12.1. The van der Waals surface area contributed by atoms with Crippen LogP contribution in [0.4, 0.5) is 0 Å². The molecule has 0 aromatic heterocycles. The Morgan fingerprint density at radius 2 is 1.16 bits per heavy atom. The lowest BCUT2D eigenvalue weighted by molar-refractivity contribution is -0.308. The zero-order valence-corrected chi connectivity index (χ0v) is 24.7. The SMILES string of the molecule is CC(=O)N[C@@H]1C[C@H](N)[C@H](O)[C@@H](O[C@H]2O[C@@H](CO)[C@@H](O[C@@H]3O[C@@H](CN)[C@@H](O)[C@@H](O)[C@@H]3N)[C@H]2O)[C@H]1O[C@@H]1O[C@H](CN)[C@H](O)[C@H](O)[C@H]1N. The second kappa shape index (κ2) is 15.3. The Kier molecular flexibility index (Phi) is 12.5. The van der Waals surface area contributed by atoms with Crippen LogP contribution in [0.25, 0.3) is 0 Å². The Hall–Kier alpha value is -1.25. The Morgan fingerprint density at radius 3 is 1.62 bits per heavy atom. The van der Waals surface area contributed by atoms with Crippen molar-refractivity contribution in [2.24, 2.45) is 28.7 Å². The van der Waals surface area contributed by atoms with Gasteiger partial charge >= 0.3 is 0 Å². The molecule has 1 aliphatic carbocycles. The molecule has 3 aliphatic heterocycles. The Bertz CT molecular complexity index is 973. The number of nitrogens with two attached hydrogens (primary N) is 5. The standard InChI is InChI=1S/C25H48N6O14/c1-6(33)31-8-2-7(28)14(34)22(20(8)43-23-12(29)17(37)15(35)9(3-26)40-23)45-25-19(39)21(11(5-32)42-25)44-24-13(30)18(38)16(36)10(4-27)41-24/h7-25,32,34-39H,2-5,26-30H2,1H3,(H,31,33)/t7-,8+,9+,10-,11-,12+,13-,14-,15-,16+,17+,18-,19+,20-,21+,22+,23-,24-,25+/m0/s1. The molecule has 19 atom stereocenters. The van der Waals surface area contributed by atoms with Crippen molar-refractivity contribution in [3.05, 3.63) is 0 Å². The van der Waals surface area contributed by atoms with E-state index in [0.29, 0.717) is 0 Å². The van der Waals surface area contributed by atoms with Gasteiger partial charge in [0.1, 0.15) is 67.1 Å². The van der Waals surface area contributed by atoms with E-state index in [1.165, 1.54) is 6.92 Å². The van der Waals surface area contributed by atoms with Gasteiger partial charge in [-0.2, -0.15) is 0 Å². The van der Waals surface area contributed by atoms with Gasteiger partial charge in [-0.05, 0) is 6.42 Å². The number of carbonyl (C=O) groups excluding carboxylic acids is 1. The summed E-state index contributed by atoms with van der Waals surface area (Å²) in [5.41, 5.74) is 29.6. The topological polar surface area (TPSA) is 356 Å². The van der Waals surface area contributed by atoms with Crippen molar-refractivity contribution >= 4 is 5.91 Å². The van der Waals surface area contributed by atoms with Gasteiger partial charge in [0.05, 0.1) is 30.8 Å². The predicted molar refractivity (Wildman–Crippen MR) is 148 cm³/mol. The molecule has 262 valence electrons. The van der Waals surface area contributed by atoms with Crippen LogP contribution in [0, 0.1) is 0 Å². The van der Waals surface area contributed by atoms with Crippen molar-refractivity contribution in [1.29, 1.82) is 0 Å². The normalized spacial score (nSPS) is 50.8. The van der Waals surface area contributed by atoms with E-state index < -0.39 is 129 Å². The van der Waals surface area contributed by atoms with E-state index >= 15 is 0 Å². The fourth-order valence-electron chi connectivity index (χ4n) is 6.10. The van der Waals surface area contributed by atoms with Crippen molar-refractivity contribution in [2.75, 3.05) is 19.7 Å². The predicted octanol–water partition coefficient (Wildman–Crippen LogP) is -8.72. The fourth-order valence-corrected chi connectivity index (χ4v) is 6.10. The minimum absolute atomic E-state index is 0.00516. The fraction of sp³-hybridized carbons (Fsp3) is 0.960. The number of hydrogen-bond acceptors (Lipinski definition) is 19. The summed E-state index contributed by atoms with van der Waals surface area (Å²) in [6, 6.07) is -4.43. The summed E-state index contributed by atoms with van der Waals surface area (Å²) in [7, 11) is 0. The molecule has 1 amide bonds. The number of hydrogen-bond donors (Lipinski definition) is 13. The molecule has 0 aromatic carbocycles. The second-order valence-corrected chi connectivity index (χ2v) is 11.9. The van der Waals surface area contributed by atoms with Crippen LogP contribution in [0.5, 0.6) is 0 Å². The molecule has 4 fully saturated rings. The van der Waals surface area contributed by atoms with Gasteiger partial charge in [-0.15, -0.1) is 0 Å². The summed E-state index contributed by atoms with van der Waals surface area (Å²) in [6.07, 6.45) is -20.7. The van der Waals surface area contributed by atoms with Crippen LogP contribution < -0.4 is 34.0 Å². The van der Waals surface area contributed by atoms with Gasteiger partial charge in [-0.1, -0.05) is 0 Å². The number of rotatable bonds is 10. The van der Waals surface area contributed by atoms with E-state index in [2.05, 4.69) is 5.32 Å². The summed E-state index contributed by atoms with van der Waals surface area (Å²) in [5, 5.41) is 76.3. The zero-order chi connectivity index (χ0) is 33.3. The molecular weight excluding hydrogens is 608 g/mol. The highest BCUT2D eigenvalue weighted by Crippen LogP contribution is 2.34. The van der Waals surface area contributed by atoms with E-state index in [4.69, 9.17) is 57.1 Å². The third kappa shape index (κ3) is 7.58. The van der Waals surface area contributed by atoms with Gasteiger partial charge in [-0.3, -0.25) is 4.79 Å². The Labute approximate surface area is 258 Å². The molecule has 18 N–H and O–H groups in total. The third-order valence-corrected chi connectivity index (χ3v) is 8.72. The van der Waals surface area contributed by atoms with Crippen molar-refractivity contribution < 1.29 is 69.0 Å². The number of aliphatic hydroxyl groups excluding tert-OH is 7. The second-order valence-electron chi connectivity index (χ2n) is 11.9. The van der Waals surface area contributed by atoms with Crippen LogP contribution in [-0.2, 0) is 33.2 Å². The van der Waals surface area contributed by atoms with E-state index in [1.54, 1.807) is 0 Å². The summed E-state index contributed by atoms with van der Waals surface area (Å²) in [5.74, 6) is -0.474. The minimum Gasteiger partial charge on any atom is -0.394 e. The van der Waals surface area contributed by atoms with Crippen molar-refractivity contribution in [1.82, 2.24) is 5.32 Å². The van der Waals surface area contributed by atoms with Crippen molar-refractivity contribution in [3.63, 3.8) is 0 Å². The first-order chi connectivity index (χ1) is 21.2. The number of ether oxygens (including phenoxy) is 6. The lowest BCUT2D eigenvalue weighted by Gasteiger charge is -2.48. The van der Waals surface area contributed by atoms with Crippen LogP contribution in [0.15, 0.2) is 0 Å². The maximum Gasteiger partial charge on any atom is 0.217 e. The van der Waals surface area contributed by atoms with Gasteiger partial charge in [0, 0.05) is 26.1 Å². The van der Waals surface area contributed by atoms with E-state index in [-0.39, 0.29) is 19.5 Å². The van der Waals surface area contributed by atoms with Crippen LogP contribution in [0.1, 0.15) is 13.3 Å². The molecule has 20 nitrogen and oxygen atoms in total. The number of carbonyl (C=O) groups is 1. The first kappa shape index (κ1) is 36.6. The van der Waals surface area contributed by atoms with Gasteiger partial charge < -0.3 is 98.2 Å². The molecule has 0 aromatic rings. The molecule has 3 saturated heterocycles. The van der Waals surface area contributed by atoms with E-state index in [0.717, 1.165) is 0 Å². The van der Waals surface area contributed by atoms with Crippen LogP contribution in [0.3, 0.4) is 0 Å². The lowest BCUT2D eigenvalue weighted by atomic mass is 9.83. The highest BCUT2D eigenvalue weighted by molar-refractivity contribution is 5.73.